The van der Waals surface area contributed by atoms with Crippen LogP contribution in [0.3, 0.4) is 0 Å². The predicted octanol–water partition coefficient (Wildman–Crippen LogP) is 2.92. The minimum atomic E-state index is -3.59. The van der Waals surface area contributed by atoms with E-state index in [0.717, 1.165) is 16.8 Å². The number of carbonyl (C=O) groups is 1. The molecule has 4 rings (SSSR count). The van der Waals surface area contributed by atoms with Crippen LogP contribution in [0.15, 0.2) is 59.5 Å². The molecule has 0 bridgehead atoms. The Hall–Kier alpha value is -3.10. The molecule has 30 heavy (non-hydrogen) atoms. The Morgan fingerprint density at radius 1 is 1.10 bits per heavy atom. The highest BCUT2D eigenvalue weighted by molar-refractivity contribution is 7.89. The summed E-state index contributed by atoms with van der Waals surface area (Å²) in [5, 5.41) is 2.83. The minimum absolute atomic E-state index is 0.236. The Morgan fingerprint density at radius 3 is 2.50 bits per heavy atom. The molecule has 3 aromatic rings. The lowest BCUT2D eigenvalue weighted by atomic mass is 10.1. The maximum atomic E-state index is 13.0. The normalized spacial score (nSPS) is 14.3. The van der Waals surface area contributed by atoms with E-state index >= 15 is 0 Å². The Balaban J connectivity index is 1.59. The summed E-state index contributed by atoms with van der Waals surface area (Å²) in [5.41, 5.74) is 10.2. The fraction of sp³-hybridized carbons (Fsp3) is 0.227. The van der Waals surface area contributed by atoms with Gasteiger partial charge in [-0.05, 0) is 42.8 Å². The second kappa shape index (κ2) is 7.62. The van der Waals surface area contributed by atoms with Crippen molar-refractivity contribution in [3.05, 3.63) is 77.1 Å². The maximum absolute atomic E-state index is 13.0. The Morgan fingerprint density at radius 2 is 1.80 bits per heavy atom. The van der Waals surface area contributed by atoms with Crippen LogP contribution in [0.5, 0.6) is 0 Å². The zero-order valence-electron chi connectivity index (χ0n) is 16.9. The molecule has 1 aliphatic rings. The number of nitrogens with two attached hydrogens (primary N) is 1. The van der Waals surface area contributed by atoms with Gasteiger partial charge in [-0.3, -0.25) is 4.79 Å². The van der Waals surface area contributed by atoms with Gasteiger partial charge in [0.15, 0.2) is 0 Å². The van der Waals surface area contributed by atoms with Gasteiger partial charge in [0.1, 0.15) is 5.69 Å². The summed E-state index contributed by atoms with van der Waals surface area (Å²) in [6.45, 7) is 2.52. The van der Waals surface area contributed by atoms with E-state index in [0.29, 0.717) is 30.0 Å². The third-order valence-corrected chi connectivity index (χ3v) is 7.35. The number of carbonyl (C=O) groups excluding carboxylic acids is 1. The number of nitrogen functional groups attached to an aromatic ring is 1. The smallest absolute Gasteiger partial charge is 0.272 e. The van der Waals surface area contributed by atoms with Gasteiger partial charge in [-0.15, -0.1) is 0 Å². The zero-order chi connectivity index (χ0) is 21.5. The monoisotopic (exact) mass is 424 g/mol. The van der Waals surface area contributed by atoms with Gasteiger partial charge in [0.05, 0.1) is 16.3 Å². The topological polar surface area (TPSA) is 97.4 Å². The van der Waals surface area contributed by atoms with Crippen molar-refractivity contribution < 1.29 is 13.2 Å². The van der Waals surface area contributed by atoms with Gasteiger partial charge in [-0.2, -0.15) is 4.31 Å². The number of anilines is 2. The van der Waals surface area contributed by atoms with E-state index in [1.54, 1.807) is 54.6 Å². The molecule has 0 spiro atoms. The second-order valence-electron chi connectivity index (χ2n) is 7.50. The number of hydrogen-bond acceptors (Lipinski definition) is 4. The van der Waals surface area contributed by atoms with E-state index in [4.69, 9.17) is 5.73 Å². The predicted molar refractivity (Wildman–Crippen MR) is 117 cm³/mol. The Kier molecular flexibility index (Phi) is 5.13. The zero-order valence-corrected chi connectivity index (χ0v) is 17.7. The van der Waals surface area contributed by atoms with Gasteiger partial charge in [-0.25, -0.2) is 8.42 Å². The number of aryl methyl sites for hydroxylation is 1. The number of aromatic nitrogens is 1. The van der Waals surface area contributed by atoms with Gasteiger partial charge >= 0.3 is 0 Å². The summed E-state index contributed by atoms with van der Waals surface area (Å²) in [7, 11) is -1.77. The number of fused-ring (bicyclic) bond motifs is 1. The first kappa shape index (κ1) is 20.2. The molecule has 0 fully saturated rings. The number of amides is 1. The van der Waals surface area contributed by atoms with Crippen LogP contribution in [0.2, 0.25) is 0 Å². The first-order valence-corrected chi connectivity index (χ1v) is 11.1. The van der Waals surface area contributed by atoms with Crippen LogP contribution in [0.1, 0.15) is 27.3 Å². The molecule has 1 amide bonds. The molecular formula is C22H24N4O3S. The number of para-hydroxylation sites is 2. The Bertz CT molecular complexity index is 1210. The number of rotatable bonds is 4. The van der Waals surface area contributed by atoms with Crippen LogP contribution in [0.4, 0.5) is 11.4 Å². The van der Waals surface area contributed by atoms with Crippen LogP contribution >= 0.6 is 0 Å². The third kappa shape index (κ3) is 3.59. The molecule has 0 unspecified atom stereocenters. The molecule has 0 radical (unpaired) electrons. The van der Waals surface area contributed by atoms with Crippen LogP contribution in [0.25, 0.3) is 0 Å². The van der Waals surface area contributed by atoms with E-state index in [1.165, 1.54) is 4.31 Å². The maximum Gasteiger partial charge on any atom is 0.272 e. The minimum Gasteiger partial charge on any atom is -0.397 e. The molecular weight excluding hydrogens is 400 g/mol. The largest absolute Gasteiger partial charge is 0.397 e. The van der Waals surface area contributed by atoms with E-state index in [1.807, 2.05) is 18.5 Å². The molecule has 156 valence electrons. The highest BCUT2D eigenvalue weighted by Gasteiger charge is 2.31. The third-order valence-electron chi connectivity index (χ3n) is 5.49. The van der Waals surface area contributed by atoms with E-state index < -0.39 is 10.0 Å². The van der Waals surface area contributed by atoms with Gasteiger partial charge in [-0.1, -0.05) is 29.8 Å². The van der Waals surface area contributed by atoms with Crippen LogP contribution in [-0.4, -0.2) is 29.7 Å². The molecule has 0 saturated heterocycles. The van der Waals surface area contributed by atoms with Crippen molar-refractivity contribution in [1.82, 2.24) is 8.87 Å². The lowest BCUT2D eigenvalue weighted by Crippen LogP contribution is -2.36. The highest BCUT2D eigenvalue weighted by atomic mass is 32.2. The molecule has 7 nitrogen and oxygen atoms in total. The first-order chi connectivity index (χ1) is 14.3. The second-order valence-corrected chi connectivity index (χ2v) is 9.44. The number of nitrogens with one attached hydrogen (secondary N) is 1. The lowest BCUT2D eigenvalue weighted by Gasteiger charge is -2.27. The van der Waals surface area contributed by atoms with Gasteiger partial charge in [0, 0.05) is 32.3 Å². The van der Waals surface area contributed by atoms with Gasteiger partial charge in [0.2, 0.25) is 10.0 Å². The fourth-order valence-corrected chi connectivity index (χ4v) is 5.17. The van der Waals surface area contributed by atoms with Gasteiger partial charge in [0.25, 0.3) is 5.91 Å². The number of nitrogens with zero attached hydrogens (tertiary/aromatic N) is 2. The van der Waals surface area contributed by atoms with E-state index in [-0.39, 0.29) is 17.3 Å². The van der Waals surface area contributed by atoms with Gasteiger partial charge < -0.3 is 15.6 Å². The molecule has 0 atom stereocenters. The molecule has 3 N–H and O–H groups in total. The number of benzene rings is 2. The summed E-state index contributed by atoms with van der Waals surface area (Å²) >= 11 is 0. The SMILES string of the molecule is Cc1ccc(S(=O)(=O)N2CCc3c(cc(C(=O)Nc4ccccc4N)n3C)C2)cc1. The molecule has 1 aliphatic heterocycles. The molecule has 2 aromatic carbocycles. The molecule has 2 heterocycles. The highest BCUT2D eigenvalue weighted by Crippen LogP contribution is 2.28. The van der Waals surface area contributed by atoms with Crippen molar-refractivity contribution in [1.29, 1.82) is 0 Å². The van der Waals surface area contributed by atoms with Crippen LogP contribution in [0, 0.1) is 6.92 Å². The summed E-state index contributed by atoms with van der Waals surface area (Å²) in [6, 6.07) is 15.7. The summed E-state index contributed by atoms with van der Waals surface area (Å²) < 4.78 is 29.4. The summed E-state index contributed by atoms with van der Waals surface area (Å²) in [6.07, 6.45) is 0.539. The average molecular weight is 425 g/mol. The number of hydrogen-bond donors (Lipinski definition) is 2. The van der Waals surface area contributed by atoms with Crippen molar-refractivity contribution in [3.8, 4) is 0 Å². The van der Waals surface area contributed by atoms with Crippen LogP contribution in [-0.2, 0) is 30.0 Å². The summed E-state index contributed by atoms with van der Waals surface area (Å²) in [4.78, 5) is 13.1. The van der Waals surface area contributed by atoms with Crippen molar-refractivity contribution in [2.75, 3.05) is 17.6 Å². The lowest BCUT2D eigenvalue weighted by molar-refractivity contribution is 0.101. The van der Waals surface area contributed by atoms with Crippen LogP contribution < -0.4 is 11.1 Å². The molecule has 8 heteroatoms. The van der Waals surface area contributed by atoms with Crippen molar-refractivity contribution in [2.45, 2.75) is 24.8 Å². The van der Waals surface area contributed by atoms with Crippen molar-refractivity contribution in [3.63, 3.8) is 0 Å². The quantitative estimate of drug-likeness (QED) is 0.629. The molecule has 0 aliphatic carbocycles. The number of sulfonamides is 1. The first-order valence-electron chi connectivity index (χ1n) is 9.67. The Labute approximate surface area is 176 Å². The van der Waals surface area contributed by atoms with Crippen molar-refractivity contribution >= 4 is 27.3 Å². The summed E-state index contributed by atoms with van der Waals surface area (Å²) in [5.74, 6) is -0.280. The van der Waals surface area contributed by atoms with E-state index in [2.05, 4.69) is 5.32 Å². The van der Waals surface area contributed by atoms with E-state index in [9.17, 15) is 13.2 Å². The fourth-order valence-electron chi connectivity index (χ4n) is 3.75. The standard InChI is InChI=1S/C22H24N4O3S/c1-15-7-9-17(10-8-15)30(28,29)26-12-11-20-16(14-26)13-21(25(20)2)22(27)24-19-6-4-3-5-18(19)23/h3-10,13H,11-12,14,23H2,1-2H3,(H,24,27). The molecule has 0 saturated carbocycles. The average Bonchev–Trinajstić information content (AvgIpc) is 3.06. The molecule has 1 aromatic heterocycles. The van der Waals surface area contributed by atoms with Crippen molar-refractivity contribution in [2.24, 2.45) is 7.05 Å².